The van der Waals surface area contributed by atoms with Crippen LogP contribution in [0.3, 0.4) is 0 Å². The topological polar surface area (TPSA) is 61.4 Å². The predicted molar refractivity (Wildman–Crippen MR) is 119 cm³/mol. The molecule has 1 aromatic carbocycles. The van der Waals surface area contributed by atoms with E-state index < -0.39 is 0 Å². The second kappa shape index (κ2) is 8.88. The first-order chi connectivity index (χ1) is 14.1. The van der Waals surface area contributed by atoms with Gasteiger partial charge in [0.05, 0.1) is 11.9 Å². The van der Waals surface area contributed by atoms with Crippen LogP contribution in [0.25, 0.3) is 20.7 Å². The number of carbonyl (C=O) groups excluding carboxylic acids is 1. The summed E-state index contributed by atoms with van der Waals surface area (Å²) < 4.78 is 0. The molecule has 0 spiro atoms. The molecule has 7 heteroatoms. The number of hydrogen-bond donors (Lipinski definition) is 1. The number of anilines is 1. The standard InChI is InChI=1S/C22H27N5OS/c1-16(2)25-20(28)14-26-9-6-10-27(12-11-26)21-18-13-19(17-7-4-3-5-8-17)29-22(18)24-15-23-21/h3-5,7-8,13,15-16H,6,9-12,14H2,1-2H3,(H,25,28). The summed E-state index contributed by atoms with van der Waals surface area (Å²) in [5.74, 6) is 1.10. The highest BCUT2D eigenvalue weighted by Gasteiger charge is 2.21. The summed E-state index contributed by atoms with van der Waals surface area (Å²) in [4.78, 5) is 28.1. The van der Waals surface area contributed by atoms with Crippen LogP contribution in [0.1, 0.15) is 20.3 Å². The first-order valence-corrected chi connectivity index (χ1v) is 11.0. The highest BCUT2D eigenvalue weighted by Crippen LogP contribution is 2.36. The predicted octanol–water partition coefficient (Wildman–Crippen LogP) is 3.40. The molecular weight excluding hydrogens is 382 g/mol. The number of thiophene rings is 1. The van der Waals surface area contributed by atoms with Gasteiger partial charge in [0.2, 0.25) is 5.91 Å². The van der Waals surface area contributed by atoms with Crippen molar-refractivity contribution in [3.8, 4) is 10.4 Å². The van der Waals surface area contributed by atoms with E-state index in [4.69, 9.17) is 0 Å². The van der Waals surface area contributed by atoms with Crippen molar-refractivity contribution < 1.29 is 4.79 Å². The highest BCUT2D eigenvalue weighted by molar-refractivity contribution is 7.21. The second-order valence-electron chi connectivity index (χ2n) is 7.73. The average Bonchev–Trinajstić information content (AvgIpc) is 3.02. The SMILES string of the molecule is CC(C)NC(=O)CN1CCCN(c2ncnc3sc(-c4ccccc4)cc23)CC1. The van der Waals surface area contributed by atoms with Crippen molar-refractivity contribution in [3.63, 3.8) is 0 Å². The lowest BCUT2D eigenvalue weighted by molar-refractivity contribution is -0.122. The van der Waals surface area contributed by atoms with Gasteiger partial charge in [0.15, 0.2) is 0 Å². The summed E-state index contributed by atoms with van der Waals surface area (Å²) in [5, 5.41) is 4.10. The zero-order chi connectivity index (χ0) is 20.2. The lowest BCUT2D eigenvalue weighted by atomic mass is 10.2. The van der Waals surface area contributed by atoms with Crippen LogP contribution >= 0.6 is 11.3 Å². The molecule has 1 N–H and O–H groups in total. The third-order valence-corrected chi connectivity index (χ3v) is 6.16. The van der Waals surface area contributed by atoms with Gasteiger partial charge in [-0.25, -0.2) is 9.97 Å². The Kier molecular flexibility index (Phi) is 6.06. The van der Waals surface area contributed by atoms with E-state index in [1.807, 2.05) is 19.9 Å². The number of carbonyl (C=O) groups is 1. The van der Waals surface area contributed by atoms with E-state index in [1.54, 1.807) is 17.7 Å². The molecule has 1 aliphatic rings. The van der Waals surface area contributed by atoms with Gasteiger partial charge in [-0.05, 0) is 31.9 Å². The van der Waals surface area contributed by atoms with Crippen molar-refractivity contribution in [2.24, 2.45) is 0 Å². The van der Waals surface area contributed by atoms with Crippen LogP contribution in [0.5, 0.6) is 0 Å². The van der Waals surface area contributed by atoms with E-state index in [-0.39, 0.29) is 11.9 Å². The molecule has 1 amide bonds. The van der Waals surface area contributed by atoms with E-state index in [9.17, 15) is 4.79 Å². The van der Waals surface area contributed by atoms with Crippen LogP contribution in [0, 0.1) is 0 Å². The van der Waals surface area contributed by atoms with Crippen molar-refractivity contribution in [1.82, 2.24) is 20.2 Å². The molecule has 0 saturated carbocycles. The first kappa shape index (κ1) is 19.8. The maximum Gasteiger partial charge on any atom is 0.234 e. The minimum Gasteiger partial charge on any atom is -0.355 e. The molecule has 0 aliphatic carbocycles. The van der Waals surface area contributed by atoms with Crippen molar-refractivity contribution in [1.29, 1.82) is 0 Å². The van der Waals surface area contributed by atoms with Crippen LogP contribution in [0.2, 0.25) is 0 Å². The second-order valence-corrected chi connectivity index (χ2v) is 8.76. The number of nitrogens with zero attached hydrogens (tertiary/aromatic N) is 4. The van der Waals surface area contributed by atoms with E-state index in [2.05, 4.69) is 55.4 Å². The number of amides is 1. The maximum absolute atomic E-state index is 12.1. The normalized spacial score (nSPS) is 15.6. The molecule has 0 bridgehead atoms. The van der Waals surface area contributed by atoms with Gasteiger partial charge < -0.3 is 10.2 Å². The summed E-state index contributed by atoms with van der Waals surface area (Å²) in [6.07, 6.45) is 2.68. The van der Waals surface area contributed by atoms with E-state index in [0.717, 1.165) is 48.6 Å². The van der Waals surface area contributed by atoms with Crippen LogP contribution < -0.4 is 10.2 Å². The zero-order valence-electron chi connectivity index (χ0n) is 17.0. The van der Waals surface area contributed by atoms with E-state index in [0.29, 0.717) is 6.54 Å². The third-order valence-electron chi connectivity index (χ3n) is 5.07. The van der Waals surface area contributed by atoms with Gasteiger partial charge in [0, 0.05) is 37.1 Å². The van der Waals surface area contributed by atoms with Gasteiger partial charge >= 0.3 is 0 Å². The van der Waals surface area contributed by atoms with Crippen molar-refractivity contribution in [2.45, 2.75) is 26.3 Å². The van der Waals surface area contributed by atoms with Gasteiger partial charge in [-0.2, -0.15) is 0 Å². The highest BCUT2D eigenvalue weighted by atomic mass is 32.1. The molecule has 3 heterocycles. The molecular formula is C22H27N5OS. The Bertz CT molecular complexity index is 972. The van der Waals surface area contributed by atoms with Crippen LogP contribution in [-0.4, -0.2) is 59.5 Å². The van der Waals surface area contributed by atoms with Crippen molar-refractivity contribution >= 4 is 33.3 Å². The van der Waals surface area contributed by atoms with Gasteiger partial charge in [0.25, 0.3) is 0 Å². The molecule has 6 nitrogen and oxygen atoms in total. The number of benzene rings is 1. The summed E-state index contributed by atoms with van der Waals surface area (Å²) in [5.41, 5.74) is 1.21. The zero-order valence-corrected chi connectivity index (χ0v) is 17.8. The number of rotatable bonds is 5. The molecule has 3 aromatic rings. The van der Waals surface area contributed by atoms with E-state index >= 15 is 0 Å². The maximum atomic E-state index is 12.1. The van der Waals surface area contributed by atoms with Gasteiger partial charge in [-0.15, -0.1) is 11.3 Å². The Balaban J connectivity index is 1.51. The van der Waals surface area contributed by atoms with Crippen LogP contribution in [0.4, 0.5) is 5.82 Å². The average molecular weight is 410 g/mol. The van der Waals surface area contributed by atoms with E-state index in [1.165, 1.54) is 10.4 Å². The molecule has 1 saturated heterocycles. The Morgan fingerprint density at radius 3 is 2.76 bits per heavy atom. The molecule has 1 aliphatic heterocycles. The lowest BCUT2D eigenvalue weighted by Gasteiger charge is -2.23. The van der Waals surface area contributed by atoms with Crippen molar-refractivity contribution in [2.75, 3.05) is 37.6 Å². The smallest absolute Gasteiger partial charge is 0.234 e. The summed E-state index contributed by atoms with van der Waals surface area (Å²) in [6, 6.07) is 12.8. The largest absolute Gasteiger partial charge is 0.355 e. The van der Waals surface area contributed by atoms with Gasteiger partial charge in [0.1, 0.15) is 17.0 Å². The number of fused-ring (bicyclic) bond motifs is 1. The summed E-state index contributed by atoms with van der Waals surface area (Å²) >= 11 is 1.71. The Hall–Kier alpha value is -2.51. The number of aromatic nitrogens is 2. The molecule has 1 fully saturated rings. The monoisotopic (exact) mass is 409 g/mol. The molecule has 4 rings (SSSR count). The number of nitrogens with one attached hydrogen (secondary N) is 1. The molecule has 152 valence electrons. The fraction of sp³-hybridized carbons (Fsp3) is 0.409. The molecule has 29 heavy (non-hydrogen) atoms. The Labute approximate surface area is 175 Å². The molecule has 2 aromatic heterocycles. The summed E-state index contributed by atoms with van der Waals surface area (Å²) in [7, 11) is 0. The van der Waals surface area contributed by atoms with Crippen LogP contribution in [-0.2, 0) is 4.79 Å². The summed E-state index contributed by atoms with van der Waals surface area (Å²) in [6.45, 7) is 8.02. The minimum atomic E-state index is 0.100. The third kappa shape index (κ3) is 4.74. The van der Waals surface area contributed by atoms with Crippen molar-refractivity contribution in [3.05, 3.63) is 42.7 Å². The van der Waals surface area contributed by atoms with Crippen LogP contribution in [0.15, 0.2) is 42.7 Å². The first-order valence-electron chi connectivity index (χ1n) is 10.2. The van der Waals surface area contributed by atoms with Gasteiger partial charge in [-0.3, -0.25) is 9.69 Å². The molecule has 0 atom stereocenters. The number of hydrogen-bond acceptors (Lipinski definition) is 6. The quantitative estimate of drug-likeness (QED) is 0.700. The Morgan fingerprint density at radius 2 is 1.97 bits per heavy atom. The molecule has 0 unspecified atom stereocenters. The minimum absolute atomic E-state index is 0.100. The lowest BCUT2D eigenvalue weighted by Crippen LogP contribution is -2.41. The fourth-order valence-corrected chi connectivity index (χ4v) is 4.75. The van der Waals surface area contributed by atoms with Gasteiger partial charge in [-0.1, -0.05) is 30.3 Å². The fourth-order valence-electron chi connectivity index (χ4n) is 3.75. The Morgan fingerprint density at radius 1 is 1.14 bits per heavy atom. The molecule has 0 radical (unpaired) electrons.